The molecule has 1 aliphatic carbocycles. The van der Waals surface area contributed by atoms with E-state index in [1.807, 2.05) is 0 Å². The van der Waals surface area contributed by atoms with Gasteiger partial charge in [-0.2, -0.15) is 0 Å². The third kappa shape index (κ3) is 7.19. The van der Waals surface area contributed by atoms with E-state index < -0.39 is 0 Å². The van der Waals surface area contributed by atoms with Gasteiger partial charge in [-0.3, -0.25) is 0 Å². The molecule has 0 spiro atoms. The molecule has 0 aromatic heterocycles. The van der Waals surface area contributed by atoms with E-state index in [4.69, 9.17) is 9.47 Å². The fourth-order valence-corrected chi connectivity index (χ4v) is 5.16. The number of ether oxygens (including phenoxy) is 2. The number of hydrogen-bond donors (Lipinski definition) is 0. The van der Waals surface area contributed by atoms with Gasteiger partial charge in [0.15, 0.2) is 0 Å². The van der Waals surface area contributed by atoms with Crippen LogP contribution in [0, 0.1) is 5.92 Å². The van der Waals surface area contributed by atoms with Crippen LogP contribution < -0.4 is 0 Å². The fraction of sp³-hybridized carbons (Fsp3) is 0.438. The molecule has 0 amide bonds. The molecule has 0 fully saturated rings. The molecule has 3 heteroatoms. The van der Waals surface area contributed by atoms with Crippen LogP contribution in [0.2, 0.25) is 0 Å². The largest absolute Gasteiger partial charge is 0.378 e. The third-order valence-corrected chi connectivity index (χ3v) is 6.79. The molecule has 188 valence electrons. The molecule has 35 heavy (non-hydrogen) atoms. The zero-order valence-corrected chi connectivity index (χ0v) is 22.1. The van der Waals surface area contributed by atoms with Crippen LogP contribution >= 0.6 is 0 Å². The lowest BCUT2D eigenvalue weighted by atomic mass is 9.76. The number of allylic oxidation sites excluding steroid dienone is 3. The molecule has 0 radical (unpaired) electrons. The van der Waals surface area contributed by atoms with Crippen LogP contribution in [0.1, 0.15) is 58.1 Å². The number of rotatable bonds is 13. The fourth-order valence-electron chi connectivity index (χ4n) is 5.16. The summed E-state index contributed by atoms with van der Waals surface area (Å²) in [5.41, 5.74) is 8.21. The number of benzene rings is 2. The topological polar surface area (TPSA) is 21.7 Å². The standard InChI is InChI=1S/C32H43NO2/c1-5-33(6-2)32-30(28(22-24-34-7-3)26-16-11-9-12-17-26)20-15-21-31(32)29(23-25-35-8-4)27-18-13-10-14-19-27/h9-14,16-19,22-23,30H,5-8,15,20-21,24-25H2,1-4H3/b28-22+,29-23-. The zero-order chi connectivity index (χ0) is 24.9. The first kappa shape index (κ1) is 27.0. The summed E-state index contributed by atoms with van der Waals surface area (Å²) < 4.78 is 11.6. The normalized spacial score (nSPS) is 17.1. The molecule has 0 aliphatic heterocycles. The minimum Gasteiger partial charge on any atom is -0.378 e. The van der Waals surface area contributed by atoms with Crippen LogP contribution in [0.25, 0.3) is 11.1 Å². The van der Waals surface area contributed by atoms with Gasteiger partial charge in [0.05, 0.1) is 13.2 Å². The molecule has 3 rings (SSSR count). The predicted octanol–water partition coefficient (Wildman–Crippen LogP) is 7.62. The Kier molecular flexibility index (Phi) is 11.3. The number of hydrogen-bond acceptors (Lipinski definition) is 3. The zero-order valence-electron chi connectivity index (χ0n) is 22.1. The van der Waals surface area contributed by atoms with Gasteiger partial charge in [0, 0.05) is 37.9 Å². The van der Waals surface area contributed by atoms with Crippen LogP contribution in [0.15, 0.2) is 84.1 Å². The molecule has 0 saturated heterocycles. The van der Waals surface area contributed by atoms with Gasteiger partial charge < -0.3 is 14.4 Å². The quantitative estimate of drug-likeness (QED) is 0.279. The van der Waals surface area contributed by atoms with Gasteiger partial charge in [0.1, 0.15) is 0 Å². The summed E-state index contributed by atoms with van der Waals surface area (Å²) in [4.78, 5) is 2.58. The van der Waals surface area contributed by atoms with Crippen molar-refractivity contribution in [1.82, 2.24) is 4.90 Å². The van der Waals surface area contributed by atoms with Crippen LogP contribution in [-0.2, 0) is 9.47 Å². The maximum atomic E-state index is 5.80. The Hall–Kier alpha value is -2.62. The Morgan fingerprint density at radius 3 is 1.94 bits per heavy atom. The lowest BCUT2D eigenvalue weighted by Crippen LogP contribution is -2.31. The van der Waals surface area contributed by atoms with E-state index >= 15 is 0 Å². The summed E-state index contributed by atoms with van der Waals surface area (Å²) in [5, 5.41) is 0. The molecule has 1 atom stereocenters. The molecule has 3 nitrogen and oxygen atoms in total. The van der Waals surface area contributed by atoms with Crippen molar-refractivity contribution >= 4 is 11.1 Å². The van der Waals surface area contributed by atoms with E-state index in [-0.39, 0.29) is 0 Å². The van der Waals surface area contributed by atoms with E-state index in [0.717, 1.165) is 39.1 Å². The highest BCUT2D eigenvalue weighted by Crippen LogP contribution is 2.44. The Morgan fingerprint density at radius 1 is 0.800 bits per heavy atom. The average Bonchev–Trinajstić information content (AvgIpc) is 2.91. The maximum Gasteiger partial charge on any atom is 0.0656 e. The Bertz CT molecular complexity index is 971. The van der Waals surface area contributed by atoms with Gasteiger partial charge >= 0.3 is 0 Å². The van der Waals surface area contributed by atoms with E-state index in [0.29, 0.717) is 19.1 Å². The average molecular weight is 474 g/mol. The first-order valence-electron chi connectivity index (χ1n) is 13.4. The summed E-state index contributed by atoms with van der Waals surface area (Å²) in [6.07, 6.45) is 8.02. The molecule has 1 aliphatic rings. The van der Waals surface area contributed by atoms with E-state index in [1.165, 1.54) is 40.0 Å². The van der Waals surface area contributed by atoms with Gasteiger partial charge in [-0.05, 0) is 74.8 Å². The second-order valence-electron chi connectivity index (χ2n) is 8.81. The third-order valence-electron chi connectivity index (χ3n) is 6.79. The van der Waals surface area contributed by atoms with Crippen LogP contribution in [0.5, 0.6) is 0 Å². The van der Waals surface area contributed by atoms with E-state index in [9.17, 15) is 0 Å². The molecular formula is C32H43NO2. The van der Waals surface area contributed by atoms with Crippen LogP contribution in [0.4, 0.5) is 0 Å². The highest BCUT2D eigenvalue weighted by atomic mass is 16.5. The van der Waals surface area contributed by atoms with Crippen molar-refractivity contribution in [3.8, 4) is 0 Å². The van der Waals surface area contributed by atoms with Gasteiger partial charge in [0.2, 0.25) is 0 Å². The van der Waals surface area contributed by atoms with Crippen molar-refractivity contribution < 1.29 is 9.47 Å². The lowest BCUT2D eigenvalue weighted by molar-refractivity contribution is 0.177. The molecule has 0 heterocycles. The van der Waals surface area contributed by atoms with Crippen molar-refractivity contribution in [3.05, 3.63) is 95.2 Å². The van der Waals surface area contributed by atoms with Crippen molar-refractivity contribution in [3.63, 3.8) is 0 Å². The maximum absolute atomic E-state index is 5.80. The summed E-state index contributed by atoms with van der Waals surface area (Å²) in [6.45, 7) is 13.4. The summed E-state index contributed by atoms with van der Waals surface area (Å²) in [6, 6.07) is 21.7. The molecule has 0 saturated carbocycles. The monoisotopic (exact) mass is 473 g/mol. The molecule has 0 N–H and O–H groups in total. The Labute approximate surface area is 213 Å². The minimum atomic E-state index is 0.334. The molecular weight excluding hydrogens is 430 g/mol. The van der Waals surface area contributed by atoms with Crippen LogP contribution in [-0.4, -0.2) is 44.4 Å². The number of nitrogens with zero attached hydrogens (tertiary/aromatic N) is 1. The predicted molar refractivity (Wildman–Crippen MR) is 149 cm³/mol. The van der Waals surface area contributed by atoms with Crippen LogP contribution in [0.3, 0.4) is 0 Å². The van der Waals surface area contributed by atoms with E-state index in [2.05, 4.69) is 105 Å². The molecule has 0 bridgehead atoms. The second-order valence-corrected chi connectivity index (χ2v) is 8.81. The smallest absolute Gasteiger partial charge is 0.0656 e. The van der Waals surface area contributed by atoms with Crippen molar-refractivity contribution in [2.24, 2.45) is 5.92 Å². The SMILES string of the molecule is CCOC/C=C(\C1=C(N(CC)CC)C(/C(=C/COCC)c2ccccc2)CCC1)c1ccccc1. The van der Waals surface area contributed by atoms with Gasteiger partial charge in [-0.1, -0.05) is 72.8 Å². The summed E-state index contributed by atoms with van der Waals surface area (Å²) in [5.74, 6) is 0.334. The van der Waals surface area contributed by atoms with Gasteiger partial charge in [-0.25, -0.2) is 0 Å². The van der Waals surface area contributed by atoms with Crippen molar-refractivity contribution in [2.75, 3.05) is 39.5 Å². The molecule has 2 aromatic rings. The van der Waals surface area contributed by atoms with Crippen molar-refractivity contribution in [1.29, 1.82) is 0 Å². The summed E-state index contributed by atoms with van der Waals surface area (Å²) in [7, 11) is 0. The highest BCUT2D eigenvalue weighted by Gasteiger charge is 2.31. The van der Waals surface area contributed by atoms with Crippen molar-refractivity contribution in [2.45, 2.75) is 47.0 Å². The molecule has 1 unspecified atom stereocenters. The first-order chi connectivity index (χ1) is 17.2. The van der Waals surface area contributed by atoms with Gasteiger partial charge in [-0.15, -0.1) is 0 Å². The van der Waals surface area contributed by atoms with E-state index in [1.54, 1.807) is 0 Å². The highest BCUT2D eigenvalue weighted by molar-refractivity contribution is 5.82. The first-order valence-corrected chi connectivity index (χ1v) is 13.4. The molecule has 2 aromatic carbocycles. The second kappa shape index (κ2) is 14.7. The summed E-state index contributed by atoms with van der Waals surface area (Å²) >= 11 is 0. The van der Waals surface area contributed by atoms with Gasteiger partial charge in [0.25, 0.3) is 0 Å². The Morgan fingerprint density at radius 2 is 1.37 bits per heavy atom. The Balaban J connectivity index is 2.20. The minimum absolute atomic E-state index is 0.334. The lowest BCUT2D eigenvalue weighted by Gasteiger charge is -2.39.